The Balaban J connectivity index is 0.000000885. The van der Waals surface area contributed by atoms with E-state index in [0.29, 0.717) is 6.42 Å². The minimum atomic E-state index is -0.833. The molecule has 1 unspecified atom stereocenters. The quantitative estimate of drug-likeness (QED) is 0.584. The van der Waals surface area contributed by atoms with Crippen LogP contribution in [0.25, 0.3) is 0 Å². The van der Waals surface area contributed by atoms with Crippen LogP contribution in [0.15, 0.2) is 30.3 Å². The minimum Gasteiger partial charge on any atom is -0.481 e. The molecule has 0 spiro atoms. The number of carbonyl (C=O) groups is 3. The molecule has 0 fully saturated rings. The molecule has 0 radical (unpaired) electrons. The highest BCUT2D eigenvalue weighted by atomic mass is 16.4. The highest BCUT2D eigenvalue weighted by molar-refractivity contribution is 5.88. The summed E-state index contributed by atoms with van der Waals surface area (Å²) in [5.74, 6) is -1.40. The summed E-state index contributed by atoms with van der Waals surface area (Å²) in [6.07, 6.45) is 0.451. The Labute approximate surface area is 123 Å². The van der Waals surface area contributed by atoms with Crippen molar-refractivity contribution >= 4 is 17.8 Å². The third-order valence-electron chi connectivity index (χ3n) is 2.37. The van der Waals surface area contributed by atoms with E-state index in [9.17, 15) is 9.59 Å². The van der Waals surface area contributed by atoms with Crippen molar-refractivity contribution in [3.05, 3.63) is 35.9 Å². The second-order valence-electron chi connectivity index (χ2n) is 4.15. The zero-order chi connectivity index (χ0) is 16.3. The highest BCUT2D eigenvalue weighted by Crippen LogP contribution is 2.03. The van der Waals surface area contributed by atoms with Gasteiger partial charge in [-0.05, 0) is 5.56 Å². The second kappa shape index (κ2) is 10.4. The number of rotatable bonds is 5. The third kappa shape index (κ3) is 9.17. The molecule has 0 aliphatic carbocycles. The topological polar surface area (TPSA) is 122 Å². The molecular formula is C14H21N3O4. The van der Waals surface area contributed by atoms with Crippen LogP contribution in [0.4, 0.5) is 0 Å². The number of carbonyl (C=O) groups excluding carboxylic acids is 2. The van der Waals surface area contributed by atoms with Crippen LogP contribution in [-0.4, -0.2) is 42.5 Å². The first-order chi connectivity index (χ1) is 9.90. The van der Waals surface area contributed by atoms with Crippen molar-refractivity contribution in [2.45, 2.75) is 19.4 Å². The van der Waals surface area contributed by atoms with Crippen molar-refractivity contribution in [1.29, 1.82) is 0 Å². The van der Waals surface area contributed by atoms with Crippen molar-refractivity contribution in [3.8, 4) is 0 Å². The molecule has 0 saturated heterocycles. The van der Waals surface area contributed by atoms with E-state index in [1.165, 1.54) is 7.05 Å². The van der Waals surface area contributed by atoms with E-state index in [1.807, 2.05) is 30.3 Å². The number of nitrogens with two attached hydrogens (primary N) is 1. The fourth-order valence-electron chi connectivity index (χ4n) is 1.49. The smallest absolute Gasteiger partial charge is 0.300 e. The van der Waals surface area contributed by atoms with Gasteiger partial charge in [-0.1, -0.05) is 30.3 Å². The molecule has 1 aromatic carbocycles. The van der Waals surface area contributed by atoms with E-state index < -0.39 is 12.0 Å². The monoisotopic (exact) mass is 295 g/mol. The summed E-state index contributed by atoms with van der Waals surface area (Å²) in [5.41, 5.74) is 6.20. The highest BCUT2D eigenvalue weighted by Gasteiger charge is 2.19. The number of likely N-dealkylation sites (N-methyl/N-ethyl adjacent to an activating group) is 1. The first-order valence-corrected chi connectivity index (χ1v) is 6.35. The third-order valence-corrected chi connectivity index (χ3v) is 2.37. The van der Waals surface area contributed by atoms with Gasteiger partial charge in [-0.15, -0.1) is 0 Å². The Kier molecular flexibility index (Phi) is 9.19. The Morgan fingerprint density at radius 1 is 1.24 bits per heavy atom. The van der Waals surface area contributed by atoms with E-state index >= 15 is 0 Å². The maximum Gasteiger partial charge on any atom is 0.300 e. The molecule has 0 aliphatic heterocycles. The van der Waals surface area contributed by atoms with Gasteiger partial charge in [0.05, 0.1) is 6.54 Å². The zero-order valence-electron chi connectivity index (χ0n) is 12.1. The molecule has 0 aromatic heterocycles. The predicted octanol–water partition coefficient (Wildman–Crippen LogP) is -0.490. The molecule has 1 rings (SSSR count). The summed E-state index contributed by atoms with van der Waals surface area (Å²) in [6.45, 7) is 0.961. The second-order valence-corrected chi connectivity index (χ2v) is 4.15. The molecule has 5 N–H and O–H groups in total. The van der Waals surface area contributed by atoms with E-state index in [2.05, 4.69) is 10.6 Å². The van der Waals surface area contributed by atoms with Gasteiger partial charge >= 0.3 is 0 Å². The predicted molar refractivity (Wildman–Crippen MR) is 78.5 cm³/mol. The van der Waals surface area contributed by atoms with Crippen LogP contribution in [0.2, 0.25) is 0 Å². The maximum atomic E-state index is 11.6. The van der Waals surface area contributed by atoms with Crippen LogP contribution < -0.4 is 16.4 Å². The molecule has 0 saturated carbocycles. The van der Waals surface area contributed by atoms with Gasteiger partial charge in [-0.2, -0.15) is 0 Å². The van der Waals surface area contributed by atoms with Crippen LogP contribution in [0.5, 0.6) is 0 Å². The van der Waals surface area contributed by atoms with Crippen molar-refractivity contribution in [3.63, 3.8) is 0 Å². The fraction of sp³-hybridized carbons (Fsp3) is 0.357. The molecule has 21 heavy (non-hydrogen) atoms. The van der Waals surface area contributed by atoms with Gasteiger partial charge in [-0.25, -0.2) is 0 Å². The first-order valence-electron chi connectivity index (χ1n) is 6.35. The van der Waals surface area contributed by atoms with Gasteiger partial charge in [0, 0.05) is 20.4 Å². The molecular weight excluding hydrogens is 274 g/mol. The summed E-state index contributed by atoms with van der Waals surface area (Å²) in [5, 5.41) is 12.5. The van der Waals surface area contributed by atoms with Gasteiger partial charge in [0.1, 0.15) is 6.04 Å². The summed E-state index contributed by atoms with van der Waals surface area (Å²) < 4.78 is 0. The Morgan fingerprint density at radius 3 is 2.19 bits per heavy atom. The van der Waals surface area contributed by atoms with Gasteiger partial charge in [0.15, 0.2) is 0 Å². The van der Waals surface area contributed by atoms with E-state index in [0.717, 1.165) is 12.5 Å². The molecule has 2 amide bonds. The lowest BCUT2D eigenvalue weighted by Gasteiger charge is -2.16. The number of carboxylic acids is 1. The summed E-state index contributed by atoms with van der Waals surface area (Å²) in [4.78, 5) is 31.8. The normalized spacial score (nSPS) is 10.6. The summed E-state index contributed by atoms with van der Waals surface area (Å²) in [7, 11) is 1.54. The SMILES string of the molecule is CC(=O)O.CNC(=O)C(Cc1ccccc1)NC(=O)CN. The lowest BCUT2D eigenvalue weighted by atomic mass is 10.1. The Bertz CT molecular complexity index is 459. The maximum absolute atomic E-state index is 11.6. The number of hydrogen-bond acceptors (Lipinski definition) is 4. The molecule has 7 nitrogen and oxygen atoms in total. The van der Waals surface area contributed by atoms with E-state index in [1.54, 1.807) is 0 Å². The largest absolute Gasteiger partial charge is 0.481 e. The number of benzene rings is 1. The average Bonchev–Trinajstić information content (AvgIpc) is 2.46. The van der Waals surface area contributed by atoms with Crippen molar-refractivity contribution < 1.29 is 19.5 Å². The molecule has 0 bridgehead atoms. The first kappa shape index (κ1) is 18.6. The van der Waals surface area contributed by atoms with Crippen molar-refractivity contribution in [1.82, 2.24) is 10.6 Å². The minimum absolute atomic E-state index is 0.123. The number of carboxylic acid groups (broad SMARTS) is 1. The van der Waals surface area contributed by atoms with Gasteiger partial charge in [-0.3, -0.25) is 14.4 Å². The van der Waals surface area contributed by atoms with Crippen LogP contribution in [0.3, 0.4) is 0 Å². The van der Waals surface area contributed by atoms with Crippen LogP contribution in [0.1, 0.15) is 12.5 Å². The lowest BCUT2D eigenvalue weighted by Crippen LogP contribution is -2.48. The van der Waals surface area contributed by atoms with Crippen LogP contribution in [-0.2, 0) is 20.8 Å². The number of aliphatic carboxylic acids is 1. The number of amides is 2. The summed E-state index contributed by atoms with van der Waals surface area (Å²) in [6, 6.07) is 8.91. The zero-order valence-corrected chi connectivity index (χ0v) is 12.1. The average molecular weight is 295 g/mol. The standard InChI is InChI=1S/C12H17N3O2.C2H4O2/c1-14-12(17)10(15-11(16)8-13)7-9-5-3-2-4-6-9;1-2(3)4/h2-6,10H,7-8,13H2,1H3,(H,14,17)(H,15,16);1H3,(H,3,4). The molecule has 7 heteroatoms. The number of nitrogens with one attached hydrogen (secondary N) is 2. The molecule has 116 valence electrons. The van der Waals surface area contributed by atoms with Crippen LogP contribution in [0, 0.1) is 0 Å². The number of hydrogen-bond donors (Lipinski definition) is 4. The van der Waals surface area contributed by atoms with Crippen LogP contribution >= 0.6 is 0 Å². The molecule has 0 heterocycles. The van der Waals surface area contributed by atoms with Gasteiger partial charge in [0.25, 0.3) is 5.97 Å². The van der Waals surface area contributed by atoms with E-state index in [4.69, 9.17) is 15.6 Å². The van der Waals surface area contributed by atoms with Crippen molar-refractivity contribution in [2.24, 2.45) is 5.73 Å². The van der Waals surface area contributed by atoms with Gasteiger partial charge < -0.3 is 21.5 Å². The lowest BCUT2D eigenvalue weighted by molar-refractivity contribution is -0.134. The molecule has 1 atom stereocenters. The Hall–Kier alpha value is -2.41. The van der Waals surface area contributed by atoms with Gasteiger partial charge in [0.2, 0.25) is 11.8 Å². The fourth-order valence-corrected chi connectivity index (χ4v) is 1.49. The molecule has 1 aromatic rings. The Morgan fingerprint density at radius 2 is 1.76 bits per heavy atom. The summed E-state index contributed by atoms with van der Waals surface area (Å²) >= 11 is 0. The van der Waals surface area contributed by atoms with E-state index in [-0.39, 0.29) is 18.4 Å². The molecule has 0 aliphatic rings. The van der Waals surface area contributed by atoms with Crippen molar-refractivity contribution in [2.75, 3.05) is 13.6 Å².